The van der Waals surface area contributed by atoms with Crippen LogP contribution in [0, 0.1) is 6.92 Å². The van der Waals surface area contributed by atoms with Crippen LogP contribution in [-0.2, 0) is 0 Å². The summed E-state index contributed by atoms with van der Waals surface area (Å²) in [5.41, 5.74) is 1.78. The van der Waals surface area contributed by atoms with Gasteiger partial charge in [0.15, 0.2) is 10.1 Å². The molecule has 0 unspecified atom stereocenters. The third kappa shape index (κ3) is 3.59. The molecule has 3 rings (SSSR count). The summed E-state index contributed by atoms with van der Waals surface area (Å²) in [4.78, 5) is 12.1. The average molecular weight is 359 g/mol. The number of hydrogen-bond donors (Lipinski definition) is 0. The quantitative estimate of drug-likeness (QED) is 0.448. The highest BCUT2D eigenvalue weighted by atomic mass is 35.5. The molecule has 0 saturated heterocycles. The lowest BCUT2D eigenvalue weighted by molar-refractivity contribution is 0.102. The first-order valence-corrected chi connectivity index (χ1v) is 8.95. The maximum atomic E-state index is 12.1. The fourth-order valence-corrected chi connectivity index (χ4v) is 4.29. The van der Waals surface area contributed by atoms with Crippen LogP contribution in [0.3, 0.4) is 0 Å². The highest BCUT2D eigenvalue weighted by Gasteiger charge is 2.52. The van der Waals surface area contributed by atoms with Crippen molar-refractivity contribution in [3.8, 4) is 0 Å². The topological polar surface area (TPSA) is 42.9 Å². The Morgan fingerprint density at radius 1 is 1.38 bits per heavy atom. The number of halogens is 2. The van der Waals surface area contributed by atoms with Gasteiger partial charge >= 0.3 is 0 Å². The summed E-state index contributed by atoms with van der Waals surface area (Å²) in [5.74, 6) is 0.633. The summed E-state index contributed by atoms with van der Waals surface area (Å²) in [6.45, 7) is 1.90. The third-order valence-corrected chi connectivity index (χ3v) is 6.10. The van der Waals surface area contributed by atoms with Gasteiger partial charge in [-0.2, -0.15) is 0 Å². The van der Waals surface area contributed by atoms with Crippen LogP contribution < -0.4 is 0 Å². The van der Waals surface area contributed by atoms with Crippen molar-refractivity contribution in [2.75, 3.05) is 5.75 Å². The Morgan fingerprint density at radius 2 is 2.05 bits per heavy atom. The predicted molar refractivity (Wildman–Crippen MR) is 87.9 cm³/mol. The molecule has 1 fully saturated rings. The number of rotatable bonds is 5. The molecule has 21 heavy (non-hydrogen) atoms. The number of thioether (sulfide) groups is 1. The number of nitrogens with zero attached hydrogens (tertiary/aromatic N) is 2. The van der Waals surface area contributed by atoms with Crippen molar-refractivity contribution in [3.05, 3.63) is 40.4 Å². The zero-order valence-corrected chi connectivity index (χ0v) is 14.3. The van der Waals surface area contributed by atoms with E-state index in [9.17, 15) is 4.79 Å². The number of benzene rings is 1. The summed E-state index contributed by atoms with van der Waals surface area (Å²) >= 11 is 15.0. The second kappa shape index (κ2) is 5.88. The van der Waals surface area contributed by atoms with E-state index in [-0.39, 0.29) is 11.7 Å². The monoisotopic (exact) mass is 358 g/mol. The van der Waals surface area contributed by atoms with E-state index in [0.717, 1.165) is 21.3 Å². The maximum absolute atomic E-state index is 12.1. The molecule has 1 heterocycles. The molecule has 1 aromatic carbocycles. The van der Waals surface area contributed by atoms with Crippen LogP contribution >= 0.6 is 46.3 Å². The summed E-state index contributed by atoms with van der Waals surface area (Å²) < 4.78 is 0.196. The molecule has 0 aliphatic heterocycles. The molecule has 1 aliphatic rings. The number of aromatic nitrogens is 2. The van der Waals surface area contributed by atoms with Gasteiger partial charge in [-0.05, 0) is 18.9 Å². The van der Waals surface area contributed by atoms with Crippen molar-refractivity contribution >= 4 is 52.1 Å². The summed E-state index contributed by atoms with van der Waals surface area (Å²) in [5, 5.41) is 8.83. The Bertz CT molecular complexity index is 670. The van der Waals surface area contributed by atoms with E-state index >= 15 is 0 Å². The number of carbonyl (C=O) groups is 1. The molecule has 1 saturated carbocycles. The second-order valence-electron chi connectivity index (χ2n) is 4.94. The first-order valence-electron chi connectivity index (χ1n) is 6.39. The second-order valence-corrected chi connectivity index (χ2v) is 8.89. The molecule has 0 radical (unpaired) electrons. The molecule has 3 nitrogen and oxygen atoms in total. The Kier molecular flexibility index (Phi) is 4.28. The fraction of sp³-hybridized carbons (Fsp3) is 0.357. The smallest absolute Gasteiger partial charge is 0.174 e. The highest BCUT2D eigenvalue weighted by Crippen LogP contribution is 2.59. The van der Waals surface area contributed by atoms with Gasteiger partial charge in [0.05, 0.1) is 5.75 Å². The minimum atomic E-state index is -0.628. The summed E-state index contributed by atoms with van der Waals surface area (Å²) in [6.07, 6.45) is 0.773. The van der Waals surface area contributed by atoms with Crippen molar-refractivity contribution in [2.24, 2.45) is 0 Å². The molecular formula is C14H12Cl2N2OS2. The minimum absolute atomic E-state index is 0.0817. The van der Waals surface area contributed by atoms with Gasteiger partial charge in [-0.1, -0.05) is 47.4 Å². The van der Waals surface area contributed by atoms with E-state index < -0.39 is 4.33 Å². The number of carbonyl (C=O) groups excluding carboxylic acids is 1. The Morgan fingerprint density at radius 3 is 2.57 bits per heavy atom. The lowest BCUT2D eigenvalue weighted by atomic mass is 10.1. The first-order chi connectivity index (χ1) is 9.95. The summed E-state index contributed by atoms with van der Waals surface area (Å²) in [7, 11) is 0. The third-order valence-electron chi connectivity index (χ3n) is 3.30. The molecule has 1 aromatic heterocycles. The molecule has 0 bridgehead atoms. The molecule has 1 atom stereocenters. The lowest BCUT2D eigenvalue weighted by Crippen LogP contribution is -2.02. The molecule has 110 valence electrons. The molecular weight excluding hydrogens is 347 g/mol. The summed E-state index contributed by atoms with van der Waals surface area (Å²) in [6, 6.07) is 7.55. The minimum Gasteiger partial charge on any atom is -0.293 e. The van der Waals surface area contributed by atoms with Gasteiger partial charge in [-0.25, -0.2) is 0 Å². The number of Topliss-reactive ketones (excluding diaryl/α,β-unsaturated/α-hetero) is 1. The molecule has 0 spiro atoms. The van der Waals surface area contributed by atoms with Crippen molar-refractivity contribution in [3.63, 3.8) is 0 Å². The van der Waals surface area contributed by atoms with Gasteiger partial charge in [-0.15, -0.1) is 33.4 Å². The maximum Gasteiger partial charge on any atom is 0.174 e. The zero-order chi connectivity index (χ0) is 15.0. The largest absolute Gasteiger partial charge is 0.293 e. The zero-order valence-electron chi connectivity index (χ0n) is 11.2. The van der Waals surface area contributed by atoms with Gasteiger partial charge in [0, 0.05) is 11.5 Å². The van der Waals surface area contributed by atoms with E-state index in [1.54, 1.807) is 0 Å². The number of ketones is 1. The standard InChI is InChI=1S/C14H12Cl2N2OS2/c1-8-17-18-13(21-8)20-7-12(19)10-4-2-9(3-5-10)11-6-14(11,15)16/h2-5,11H,6-7H2,1H3/t11-/m1/s1. The Balaban J connectivity index is 1.60. The number of aryl methyl sites for hydroxylation is 1. The van der Waals surface area contributed by atoms with Crippen LogP contribution in [0.2, 0.25) is 0 Å². The molecule has 1 aliphatic carbocycles. The van der Waals surface area contributed by atoms with Crippen LogP contribution in [-0.4, -0.2) is 26.1 Å². The van der Waals surface area contributed by atoms with E-state index in [4.69, 9.17) is 23.2 Å². The van der Waals surface area contributed by atoms with Crippen molar-refractivity contribution in [2.45, 2.75) is 27.9 Å². The normalized spacial score (nSPS) is 19.5. The molecule has 7 heteroatoms. The van der Waals surface area contributed by atoms with Crippen LogP contribution in [0.5, 0.6) is 0 Å². The molecule has 0 N–H and O–H groups in total. The fourth-order valence-electron chi connectivity index (χ4n) is 2.02. The number of hydrogen-bond acceptors (Lipinski definition) is 5. The van der Waals surface area contributed by atoms with Gasteiger partial charge in [-0.3, -0.25) is 4.79 Å². The van der Waals surface area contributed by atoms with Gasteiger partial charge in [0.2, 0.25) is 0 Å². The molecule has 2 aromatic rings. The van der Waals surface area contributed by atoms with Crippen molar-refractivity contribution in [1.82, 2.24) is 10.2 Å². The van der Waals surface area contributed by atoms with E-state index in [0.29, 0.717) is 11.3 Å². The van der Waals surface area contributed by atoms with Crippen molar-refractivity contribution < 1.29 is 4.79 Å². The van der Waals surface area contributed by atoms with Crippen molar-refractivity contribution in [1.29, 1.82) is 0 Å². The van der Waals surface area contributed by atoms with Gasteiger partial charge < -0.3 is 0 Å². The van der Waals surface area contributed by atoms with Crippen LogP contribution in [0.1, 0.15) is 33.3 Å². The first kappa shape index (κ1) is 15.3. The average Bonchev–Trinajstić information content (AvgIpc) is 2.90. The van der Waals surface area contributed by atoms with E-state index in [1.165, 1.54) is 23.1 Å². The number of alkyl halides is 2. The van der Waals surface area contributed by atoms with Gasteiger partial charge in [0.1, 0.15) is 9.34 Å². The molecule has 0 amide bonds. The SMILES string of the molecule is Cc1nnc(SCC(=O)c2ccc([C@H]3CC3(Cl)Cl)cc2)s1. The van der Waals surface area contributed by atoms with Gasteiger partial charge in [0.25, 0.3) is 0 Å². The highest BCUT2D eigenvalue weighted by molar-refractivity contribution is 8.01. The van der Waals surface area contributed by atoms with Crippen LogP contribution in [0.15, 0.2) is 28.6 Å². The predicted octanol–water partition coefficient (Wildman–Crippen LogP) is 4.48. The Hall–Kier alpha value is -0.620. The van der Waals surface area contributed by atoms with E-state index in [1.807, 2.05) is 31.2 Å². The lowest BCUT2D eigenvalue weighted by Gasteiger charge is -2.03. The van der Waals surface area contributed by atoms with Crippen LogP contribution in [0.4, 0.5) is 0 Å². The Labute approximate surface area is 141 Å². The van der Waals surface area contributed by atoms with Crippen LogP contribution in [0.25, 0.3) is 0 Å². The van der Waals surface area contributed by atoms with E-state index in [2.05, 4.69) is 10.2 Å².